The fourth-order valence-electron chi connectivity index (χ4n) is 6.57. The summed E-state index contributed by atoms with van der Waals surface area (Å²) in [6.07, 6.45) is 35.8. The Morgan fingerprint density at radius 1 is 0.491 bits per heavy atom. The lowest BCUT2D eigenvalue weighted by molar-refractivity contribution is 1.03. The van der Waals surface area contributed by atoms with E-state index in [1.165, 1.54) is 43.5 Å². The van der Waals surface area contributed by atoms with Gasteiger partial charge in [-0.25, -0.2) is 20.1 Å². The van der Waals surface area contributed by atoms with E-state index in [2.05, 4.69) is 238 Å². The highest BCUT2D eigenvalue weighted by atomic mass is 32.3. The largest absolute Gasteiger partial charge is 0.311 e. The van der Waals surface area contributed by atoms with Crippen molar-refractivity contribution < 1.29 is 0 Å². The van der Waals surface area contributed by atoms with Crippen molar-refractivity contribution in [3.63, 3.8) is 0 Å². The normalized spacial score (nSPS) is 15.9. The lowest BCUT2D eigenvalue weighted by Crippen LogP contribution is -2.37. The summed E-state index contributed by atoms with van der Waals surface area (Å²) in [6, 6.07) is 44.8. The molecule has 0 heterocycles. The van der Waals surface area contributed by atoms with E-state index in [9.17, 15) is 0 Å². The van der Waals surface area contributed by atoms with Crippen LogP contribution in [0.25, 0.3) is 30.4 Å². The molecule has 1 aliphatic carbocycles. The molecule has 0 aromatic heterocycles. The highest BCUT2D eigenvalue weighted by Crippen LogP contribution is 2.46. The van der Waals surface area contributed by atoms with Gasteiger partial charge in [0.15, 0.2) is 0 Å². The standard InChI is InChI=1S/C51H59NS2Si/c1-53(2,3)49-34-22-43(23-35-49)13-10-40-16-28-46(29-17-40)52(47-30-18-41(19-31-47)11-14-44-24-36-50(37-25-44)54(4,5)6)48-32-20-42(21-33-48)12-15-45-26-38-51(39-27-45)55(7,8)9/h10-36,38-39,50H,37H2,1-9H3/b13-10+,14-11+,15-12+. The molecule has 1 atom stereocenters. The smallest absolute Gasteiger partial charge is 0.0775 e. The monoisotopic (exact) mass is 777 g/mol. The molecule has 0 amide bonds. The first kappa shape index (κ1) is 40.2. The number of benzene rings is 5. The van der Waals surface area contributed by atoms with Gasteiger partial charge in [-0.2, -0.15) is 0 Å². The van der Waals surface area contributed by atoms with Gasteiger partial charge in [-0.05, 0) is 131 Å². The van der Waals surface area contributed by atoms with Crippen LogP contribution in [0.2, 0.25) is 19.6 Å². The molecule has 284 valence electrons. The fraction of sp³-hybridized carbons (Fsp3) is 0.216. The van der Waals surface area contributed by atoms with Crippen molar-refractivity contribution in [2.45, 2.75) is 36.2 Å². The minimum atomic E-state index is -1.31. The zero-order valence-electron chi connectivity index (χ0n) is 34.3. The Bertz CT molecular complexity index is 2070. The van der Waals surface area contributed by atoms with Crippen LogP contribution >= 0.6 is 20.1 Å². The molecule has 1 unspecified atom stereocenters. The zero-order chi connectivity index (χ0) is 39.2. The summed E-state index contributed by atoms with van der Waals surface area (Å²) in [7, 11) is -2.62. The maximum atomic E-state index is 2.41. The third-order valence-electron chi connectivity index (χ3n) is 10.2. The van der Waals surface area contributed by atoms with Gasteiger partial charge < -0.3 is 4.90 Å². The van der Waals surface area contributed by atoms with E-state index in [-0.39, 0.29) is 0 Å². The van der Waals surface area contributed by atoms with Crippen LogP contribution in [-0.2, 0) is 0 Å². The van der Waals surface area contributed by atoms with Gasteiger partial charge in [0, 0.05) is 22.3 Å². The average Bonchev–Trinajstić information content (AvgIpc) is 3.16. The summed E-state index contributed by atoms with van der Waals surface area (Å²) in [6.45, 7) is 7.18. The van der Waals surface area contributed by atoms with Crippen LogP contribution in [0.4, 0.5) is 17.1 Å². The minimum Gasteiger partial charge on any atom is -0.311 e. The van der Waals surface area contributed by atoms with Gasteiger partial charge in [0.2, 0.25) is 0 Å². The van der Waals surface area contributed by atoms with E-state index in [1.807, 2.05) is 0 Å². The summed E-state index contributed by atoms with van der Waals surface area (Å²) in [4.78, 5) is 3.78. The van der Waals surface area contributed by atoms with E-state index in [4.69, 9.17) is 0 Å². The zero-order valence-corrected chi connectivity index (χ0v) is 36.9. The van der Waals surface area contributed by atoms with E-state index in [0.717, 1.165) is 23.5 Å². The van der Waals surface area contributed by atoms with Gasteiger partial charge in [0.05, 0.1) is 8.07 Å². The number of anilines is 3. The summed E-state index contributed by atoms with van der Waals surface area (Å²) in [5.41, 5.74) is 10.7. The molecule has 0 N–H and O–H groups in total. The maximum absolute atomic E-state index is 2.41. The first-order valence-corrected chi connectivity index (χ1v) is 28.5. The van der Waals surface area contributed by atoms with Crippen molar-refractivity contribution in [1.82, 2.24) is 0 Å². The van der Waals surface area contributed by atoms with Crippen molar-refractivity contribution in [3.8, 4) is 0 Å². The summed E-state index contributed by atoms with van der Waals surface area (Å²) in [5, 5.41) is 2.16. The van der Waals surface area contributed by atoms with Crippen LogP contribution < -0.4 is 10.1 Å². The molecule has 0 spiro atoms. The van der Waals surface area contributed by atoms with Crippen molar-refractivity contribution >= 4 is 80.8 Å². The van der Waals surface area contributed by atoms with Crippen LogP contribution in [-0.4, -0.2) is 50.9 Å². The molecule has 0 fully saturated rings. The summed E-state index contributed by atoms with van der Waals surface area (Å²) >= 11 is 0. The van der Waals surface area contributed by atoms with Gasteiger partial charge in [-0.15, -0.1) is 0 Å². The Balaban J connectivity index is 1.23. The predicted octanol–water partition coefficient (Wildman–Crippen LogP) is 14.1. The molecule has 0 saturated heterocycles. The van der Waals surface area contributed by atoms with E-state index in [1.54, 1.807) is 0 Å². The number of hydrogen-bond acceptors (Lipinski definition) is 1. The average molecular weight is 778 g/mol. The molecule has 0 aliphatic heterocycles. The van der Waals surface area contributed by atoms with Crippen LogP contribution in [0, 0.1) is 0 Å². The number of nitrogens with zero attached hydrogens (tertiary/aromatic N) is 1. The third-order valence-corrected chi connectivity index (χ3v) is 16.1. The molecule has 0 saturated carbocycles. The van der Waals surface area contributed by atoms with E-state index in [0.29, 0.717) is 5.25 Å². The van der Waals surface area contributed by atoms with Gasteiger partial charge in [-0.1, -0.05) is 152 Å². The van der Waals surface area contributed by atoms with Gasteiger partial charge in [0.1, 0.15) is 0 Å². The summed E-state index contributed by atoms with van der Waals surface area (Å²) < 4.78 is 0. The molecule has 6 rings (SSSR count). The van der Waals surface area contributed by atoms with Gasteiger partial charge in [-0.3, -0.25) is 0 Å². The SMILES string of the molecule is C[Si](C)(C)c1ccc(/C=C/c2ccc(N(c3ccc(/C=C/C4=CCC(S(C)(C)C)C=C4)cc3)c3ccc(/C=C/c4ccc(S(C)(C)C)cc4)cc3)cc2)cc1. The highest BCUT2D eigenvalue weighted by molar-refractivity contribution is 8.32. The van der Waals surface area contributed by atoms with Gasteiger partial charge >= 0.3 is 0 Å². The Labute approximate surface area is 336 Å². The molecule has 0 bridgehead atoms. The molecular weight excluding hydrogens is 719 g/mol. The first-order valence-electron chi connectivity index (χ1n) is 19.2. The molecular formula is C51H59NS2Si. The first-order chi connectivity index (χ1) is 26.1. The molecule has 1 aliphatic rings. The predicted molar refractivity (Wildman–Crippen MR) is 258 cm³/mol. The van der Waals surface area contributed by atoms with Crippen LogP contribution in [0.1, 0.15) is 34.2 Å². The summed E-state index contributed by atoms with van der Waals surface area (Å²) in [5.74, 6) is 0. The van der Waals surface area contributed by atoms with Gasteiger partial charge in [0.25, 0.3) is 0 Å². The highest BCUT2D eigenvalue weighted by Gasteiger charge is 2.18. The van der Waals surface area contributed by atoms with Crippen LogP contribution in [0.5, 0.6) is 0 Å². The maximum Gasteiger partial charge on any atom is 0.0775 e. The second-order valence-corrected chi connectivity index (χ2v) is 30.8. The fourth-order valence-corrected chi connectivity index (χ4v) is 9.92. The molecule has 1 nitrogen and oxygen atoms in total. The Kier molecular flexibility index (Phi) is 12.5. The van der Waals surface area contributed by atoms with Crippen molar-refractivity contribution in [2.75, 3.05) is 42.4 Å². The number of rotatable bonds is 12. The second kappa shape index (κ2) is 17.1. The topological polar surface area (TPSA) is 3.24 Å². The number of allylic oxidation sites excluding steroid dienone is 4. The van der Waals surface area contributed by atoms with Crippen molar-refractivity contribution in [3.05, 3.63) is 179 Å². The lowest BCUT2D eigenvalue weighted by atomic mass is 10.0. The molecule has 4 heteroatoms. The number of hydrogen-bond donors (Lipinski definition) is 0. The van der Waals surface area contributed by atoms with E-state index < -0.39 is 28.1 Å². The molecule has 5 aromatic rings. The van der Waals surface area contributed by atoms with Crippen LogP contribution in [0.15, 0.2) is 156 Å². The van der Waals surface area contributed by atoms with Crippen molar-refractivity contribution in [1.29, 1.82) is 0 Å². The van der Waals surface area contributed by atoms with Crippen LogP contribution in [0.3, 0.4) is 0 Å². The Morgan fingerprint density at radius 2 is 0.855 bits per heavy atom. The third kappa shape index (κ3) is 11.1. The van der Waals surface area contributed by atoms with E-state index >= 15 is 0 Å². The van der Waals surface area contributed by atoms with Crippen molar-refractivity contribution in [2.24, 2.45) is 0 Å². The molecule has 0 radical (unpaired) electrons. The molecule has 5 aromatic carbocycles. The Morgan fingerprint density at radius 3 is 1.18 bits per heavy atom. The lowest BCUT2D eigenvalue weighted by Gasteiger charge is -2.34. The minimum absolute atomic E-state index is 0.586. The Hall–Kier alpha value is -4.48. The quantitative estimate of drug-likeness (QED) is 0.0901. The molecule has 55 heavy (non-hydrogen) atoms. The second-order valence-electron chi connectivity index (χ2n) is 17.2.